The van der Waals surface area contributed by atoms with Crippen molar-refractivity contribution < 1.29 is 4.79 Å². The molecule has 0 fully saturated rings. The molecule has 1 N–H and O–H groups in total. The zero-order valence-corrected chi connectivity index (χ0v) is 14.0. The Labute approximate surface area is 144 Å². The summed E-state index contributed by atoms with van der Waals surface area (Å²) < 4.78 is 1.53. The van der Waals surface area contributed by atoms with Gasteiger partial charge in [0.15, 0.2) is 0 Å². The lowest BCUT2D eigenvalue weighted by Gasteiger charge is -2.10. The predicted molar refractivity (Wildman–Crippen MR) is 95.0 cm³/mol. The Morgan fingerprint density at radius 3 is 2.71 bits per heavy atom. The standard InChI is InChI=1S/C17H17N5OS/c1-13(24-12-14-6-3-2-4-7-14)16(23)21-15-10-20-22(11-15)17-18-8-5-9-19-17/h2-11,13H,12H2,1H3,(H,21,23). The van der Waals surface area contributed by atoms with Gasteiger partial charge >= 0.3 is 0 Å². The third-order valence-corrected chi connectivity index (χ3v) is 4.53. The molecule has 122 valence electrons. The number of hydrogen-bond acceptors (Lipinski definition) is 5. The summed E-state index contributed by atoms with van der Waals surface area (Å²) in [5.74, 6) is 1.21. The van der Waals surface area contributed by atoms with Gasteiger partial charge in [-0.2, -0.15) is 5.10 Å². The summed E-state index contributed by atoms with van der Waals surface area (Å²) >= 11 is 1.60. The van der Waals surface area contributed by atoms with Gasteiger partial charge in [-0.1, -0.05) is 30.3 Å². The molecular weight excluding hydrogens is 322 g/mol. The van der Waals surface area contributed by atoms with Crippen LogP contribution in [0.3, 0.4) is 0 Å². The summed E-state index contributed by atoms with van der Waals surface area (Å²) in [6, 6.07) is 11.8. The number of aromatic nitrogens is 4. The van der Waals surface area contributed by atoms with E-state index < -0.39 is 0 Å². The number of nitrogens with zero attached hydrogens (tertiary/aromatic N) is 4. The molecule has 1 amide bonds. The first-order valence-electron chi connectivity index (χ1n) is 7.51. The molecule has 0 saturated heterocycles. The minimum absolute atomic E-state index is 0.0514. The fraction of sp³-hybridized carbons (Fsp3) is 0.176. The molecule has 24 heavy (non-hydrogen) atoms. The van der Waals surface area contributed by atoms with Crippen molar-refractivity contribution in [2.24, 2.45) is 0 Å². The van der Waals surface area contributed by atoms with Gasteiger partial charge in [-0.25, -0.2) is 14.6 Å². The van der Waals surface area contributed by atoms with Crippen LogP contribution in [0.1, 0.15) is 12.5 Å². The Morgan fingerprint density at radius 1 is 1.21 bits per heavy atom. The van der Waals surface area contributed by atoms with Gasteiger partial charge in [0.1, 0.15) is 0 Å². The summed E-state index contributed by atoms with van der Waals surface area (Å²) in [7, 11) is 0. The molecule has 0 radical (unpaired) electrons. The maximum Gasteiger partial charge on any atom is 0.250 e. The van der Waals surface area contributed by atoms with Gasteiger partial charge in [0, 0.05) is 18.1 Å². The lowest BCUT2D eigenvalue weighted by Crippen LogP contribution is -2.22. The van der Waals surface area contributed by atoms with E-state index in [-0.39, 0.29) is 11.2 Å². The Kier molecular flexibility index (Phi) is 5.22. The first-order valence-corrected chi connectivity index (χ1v) is 8.56. The number of nitrogens with one attached hydrogen (secondary N) is 1. The molecule has 0 spiro atoms. The van der Waals surface area contributed by atoms with Crippen LogP contribution in [0.15, 0.2) is 61.2 Å². The van der Waals surface area contributed by atoms with Crippen LogP contribution < -0.4 is 5.32 Å². The lowest BCUT2D eigenvalue weighted by atomic mass is 10.2. The molecule has 0 saturated carbocycles. The normalized spacial score (nSPS) is 11.9. The molecule has 0 aliphatic carbocycles. The molecule has 7 heteroatoms. The van der Waals surface area contributed by atoms with Gasteiger partial charge in [-0.05, 0) is 18.6 Å². The third-order valence-electron chi connectivity index (χ3n) is 3.32. The highest BCUT2D eigenvalue weighted by Crippen LogP contribution is 2.19. The topological polar surface area (TPSA) is 72.7 Å². The van der Waals surface area contributed by atoms with E-state index in [0.717, 1.165) is 5.75 Å². The quantitative estimate of drug-likeness (QED) is 0.747. The Morgan fingerprint density at radius 2 is 1.96 bits per heavy atom. The average Bonchev–Trinajstić information content (AvgIpc) is 3.10. The van der Waals surface area contributed by atoms with E-state index in [2.05, 4.69) is 32.5 Å². The molecule has 0 aliphatic rings. The van der Waals surface area contributed by atoms with E-state index in [1.807, 2.05) is 25.1 Å². The van der Waals surface area contributed by atoms with Crippen molar-refractivity contribution in [2.75, 3.05) is 5.32 Å². The third kappa shape index (κ3) is 4.20. The Hall–Kier alpha value is -2.67. The van der Waals surface area contributed by atoms with Crippen molar-refractivity contribution in [1.29, 1.82) is 0 Å². The van der Waals surface area contributed by atoms with Crippen LogP contribution in [0.5, 0.6) is 0 Å². The van der Waals surface area contributed by atoms with Gasteiger partial charge in [-0.15, -0.1) is 11.8 Å². The van der Waals surface area contributed by atoms with Crippen molar-refractivity contribution >= 4 is 23.4 Å². The molecule has 1 unspecified atom stereocenters. The second-order valence-corrected chi connectivity index (χ2v) is 6.48. The van der Waals surface area contributed by atoms with Gasteiger partial charge in [-0.3, -0.25) is 4.79 Å². The summed E-state index contributed by atoms with van der Waals surface area (Å²) in [4.78, 5) is 20.5. The first kappa shape index (κ1) is 16.2. The smallest absolute Gasteiger partial charge is 0.250 e. The van der Waals surface area contributed by atoms with Crippen molar-refractivity contribution in [1.82, 2.24) is 19.7 Å². The van der Waals surface area contributed by atoms with Gasteiger partial charge in [0.25, 0.3) is 0 Å². The molecule has 3 rings (SSSR count). The highest BCUT2D eigenvalue weighted by molar-refractivity contribution is 7.99. The molecule has 3 aromatic rings. The SMILES string of the molecule is CC(SCc1ccccc1)C(=O)Nc1cnn(-c2ncccn2)c1. The fourth-order valence-corrected chi connectivity index (χ4v) is 2.87. The number of rotatable bonds is 6. The molecule has 6 nitrogen and oxygen atoms in total. The number of anilines is 1. The van der Waals surface area contributed by atoms with E-state index >= 15 is 0 Å². The van der Waals surface area contributed by atoms with Crippen LogP contribution >= 0.6 is 11.8 Å². The molecular formula is C17H17N5OS. The largest absolute Gasteiger partial charge is 0.322 e. The molecule has 1 atom stereocenters. The molecule has 2 heterocycles. The van der Waals surface area contributed by atoms with E-state index in [1.165, 1.54) is 10.2 Å². The zero-order valence-electron chi connectivity index (χ0n) is 13.2. The van der Waals surface area contributed by atoms with Gasteiger partial charge in [0.05, 0.1) is 23.3 Å². The number of carbonyl (C=O) groups is 1. The second-order valence-electron chi connectivity index (χ2n) is 5.15. The predicted octanol–water partition coefficient (Wildman–Crippen LogP) is 2.92. The number of benzene rings is 1. The van der Waals surface area contributed by atoms with Crippen molar-refractivity contribution in [3.8, 4) is 5.95 Å². The highest BCUT2D eigenvalue weighted by Gasteiger charge is 2.14. The summed E-state index contributed by atoms with van der Waals surface area (Å²) in [6.45, 7) is 1.90. The Balaban J connectivity index is 1.55. The summed E-state index contributed by atoms with van der Waals surface area (Å²) in [5.41, 5.74) is 1.83. The second kappa shape index (κ2) is 7.74. The lowest BCUT2D eigenvalue weighted by molar-refractivity contribution is -0.115. The minimum Gasteiger partial charge on any atom is -0.322 e. The molecule has 0 aliphatic heterocycles. The van der Waals surface area contributed by atoms with Crippen LogP contribution in [-0.4, -0.2) is 30.9 Å². The monoisotopic (exact) mass is 339 g/mol. The van der Waals surface area contributed by atoms with Crippen molar-refractivity contribution in [2.45, 2.75) is 17.9 Å². The Bertz CT molecular complexity index is 791. The van der Waals surface area contributed by atoms with E-state index in [1.54, 1.807) is 42.6 Å². The maximum absolute atomic E-state index is 12.3. The molecule has 1 aromatic carbocycles. The first-order chi connectivity index (χ1) is 11.7. The number of hydrogen-bond donors (Lipinski definition) is 1. The van der Waals surface area contributed by atoms with Crippen LogP contribution in [-0.2, 0) is 10.5 Å². The molecule has 2 aromatic heterocycles. The molecule has 0 bridgehead atoms. The number of thioether (sulfide) groups is 1. The number of amides is 1. The van der Waals surface area contributed by atoms with Gasteiger partial charge in [0.2, 0.25) is 11.9 Å². The number of carbonyl (C=O) groups excluding carboxylic acids is 1. The zero-order chi connectivity index (χ0) is 16.8. The van der Waals surface area contributed by atoms with Crippen LogP contribution in [0.25, 0.3) is 5.95 Å². The van der Waals surface area contributed by atoms with E-state index in [0.29, 0.717) is 11.6 Å². The fourth-order valence-electron chi connectivity index (χ4n) is 2.02. The van der Waals surface area contributed by atoms with Crippen molar-refractivity contribution in [3.63, 3.8) is 0 Å². The van der Waals surface area contributed by atoms with Crippen LogP contribution in [0.2, 0.25) is 0 Å². The van der Waals surface area contributed by atoms with Crippen molar-refractivity contribution in [3.05, 3.63) is 66.7 Å². The van der Waals surface area contributed by atoms with Gasteiger partial charge < -0.3 is 5.32 Å². The average molecular weight is 339 g/mol. The van der Waals surface area contributed by atoms with E-state index in [9.17, 15) is 4.79 Å². The highest BCUT2D eigenvalue weighted by atomic mass is 32.2. The maximum atomic E-state index is 12.3. The minimum atomic E-state index is -0.165. The van der Waals surface area contributed by atoms with Crippen LogP contribution in [0.4, 0.5) is 5.69 Å². The van der Waals surface area contributed by atoms with E-state index in [4.69, 9.17) is 0 Å². The van der Waals surface area contributed by atoms with Crippen LogP contribution in [0, 0.1) is 0 Å². The summed E-state index contributed by atoms with van der Waals surface area (Å²) in [6.07, 6.45) is 6.57. The summed E-state index contributed by atoms with van der Waals surface area (Å²) in [5, 5.41) is 6.87.